The lowest BCUT2D eigenvalue weighted by molar-refractivity contribution is 0.0504. The molecule has 154 valence electrons. The number of rotatable bonds is 6. The van der Waals surface area contributed by atoms with E-state index < -0.39 is 0 Å². The molecule has 29 heavy (non-hydrogen) atoms. The molecule has 1 aliphatic rings. The first-order chi connectivity index (χ1) is 14.0. The summed E-state index contributed by atoms with van der Waals surface area (Å²) < 4.78 is 10.1. The Labute approximate surface area is 179 Å². The second kappa shape index (κ2) is 9.84. The summed E-state index contributed by atoms with van der Waals surface area (Å²) in [6, 6.07) is 6.90. The summed E-state index contributed by atoms with van der Waals surface area (Å²) in [7, 11) is 1.39. The van der Waals surface area contributed by atoms with Gasteiger partial charge in [-0.15, -0.1) is 11.3 Å². The first-order valence-corrected chi connectivity index (χ1v) is 10.8. The zero-order valence-electron chi connectivity index (χ0n) is 16.5. The molecule has 2 N–H and O–H groups in total. The Kier molecular flexibility index (Phi) is 7.22. The first kappa shape index (κ1) is 21.3. The Bertz CT molecular complexity index is 906. The summed E-state index contributed by atoms with van der Waals surface area (Å²) in [5.74, 6) is -0.685. The molecule has 1 heterocycles. The van der Waals surface area contributed by atoms with Crippen LogP contribution in [0.4, 0.5) is 10.7 Å². The van der Waals surface area contributed by atoms with E-state index in [1.807, 2.05) is 6.92 Å². The van der Waals surface area contributed by atoms with Gasteiger partial charge in [0.25, 0.3) is 0 Å². The van der Waals surface area contributed by atoms with E-state index in [0.717, 1.165) is 43.4 Å². The Morgan fingerprint density at radius 3 is 2.52 bits per heavy atom. The minimum atomic E-state index is -0.343. The van der Waals surface area contributed by atoms with Crippen LogP contribution in [0.25, 0.3) is 0 Å². The van der Waals surface area contributed by atoms with E-state index >= 15 is 0 Å². The Hall–Kier alpha value is -2.45. The number of ether oxygens (including phenoxy) is 2. The molecule has 1 aromatic heterocycles. The molecule has 0 aliphatic heterocycles. The van der Waals surface area contributed by atoms with Crippen molar-refractivity contribution in [3.05, 3.63) is 45.8 Å². The molecule has 6 nitrogen and oxygen atoms in total. The van der Waals surface area contributed by atoms with Crippen molar-refractivity contribution in [1.29, 1.82) is 0 Å². The molecule has 3 rings (SSSR count). The van der Waals surface area contributed by atoms with Crippen molar-refractivity contribution in [2.45, 2.75) is 39.0 Å². The van der Waals surface area contributed by atoms with Crippen LogP contribution in [0.5, 0.6) is 0 Å². The van der Waals surface area contributed by atoms with Crippen molar-refractivity contribution in [3.8, 4) is 0 Å². The van der Waals surface area contributed by atoms with Crippen molar-refractivity contribution >= 4 is 51.3 Å². The van der Waals surface area contributed by atoms with Crippen molar-refractivity contribution in [3.63, 3.8) is 0 Å². The molecule has 0 unspecified atom stereocenters. The number of esters is 2. The Morgan fingerprint density at radius 2 is 1.83 bits per heavy atom. The molecule has 0 fully saturated rings. The Morgan fingerprint density at radius 1 is 1.10 bits per heavy atom. The molecule has 0 atom stereocenters. The number of carbonyl (C=O) groups is 2. The van der Waals surface area contributed by atoms with Gasteiger partial charge in [-0.3, -0.25) is 0 Å². The van der Waals surface area contributed by atoms with E-state index in [1.54, 1.807) is 35.6 Å². The van der Waals surface area contributed by atoms with Crippen LogP contribution in [0.3, 0.4) is 0 Å². The number of benzene rings is 1. The van der Waals surface area contributed by atoms with Crippen LogP contribution in [-0.4, -0.2) is 30.8 Å². The van der Waals surface area contributed by atoms with Crippen molar-refractivity contribution in [1.82, 2.24) is 0 Å². The number of thiocarbonyl (C=S) groups is 1. The average Bonchev–Trinajstić information content (AvgIpc) is 3.09. The van der Waals surface area contributed by atoms with Gasteiger partial charge in [0.1, 0.15) is 5.00 Å². The second-order valence-corrected chi connectivity index (χ2v) is 8.21. The van der Waals surface area contributed by atoms with Gasteiger partial charge < -0.3 is 20.1 Å². The quantitative estimate of drug-likeness (QED) is 0.502. The fraction of sp³-hybridized carbons (Fsp3) is 0.381. The highest BCUT2D eigenvalue weighted by Gasteiger charge is 2.26. The molecule has 0 bridgehead atoms. The van der Waals surface area contributed by atoms with Crippen molar-refractivity contribution in [2.24, 2.45) is 0 Å². The maximum absolute atomic E-state index is 12.3. The predicted molar refractivity (Wildman–Crippen MR) is 119 cm³/mol. The van der Waals surface area contributed by atoms with Crippen LogP contribution in [-0.2, 0) is 22.3 Å². The van der Waals surface area contributed by atoms with Gasteiger partial charge in [-0.2, -0.15) is 0 Å². The summed E-state index contributed by atoms with van der Waals surface area (Å²) in [5.41, 5.74) is 2.89. The standard InChI is InChI=1S/C21H24N2O4S2/c1-3-12-27-19(24)13-8-10-14(11-9-13)22-21(28)23-18-17(20(25)26-2)15-6-4-5-7-16(15)29-18/h8-11H,3-7,12H2,1-2H3,(H2,22,23,28). The number of nitrogens with one attached hydrogen (secondary N) is 2. The molecule has 1 aliphatic carbocycles. The molecular weight excluding hydrogens is 408 g/mol. The number of carbonyl (C=O) groups excluding carboxylic acids is 2. The normalized spacial score (nSPS) is 12.6. The number of anilines is 2. The third kappa shape index (κ3) is 5.13. The third-order valence-corrected chi connectivity index (χ3v) is 6.01. The molecule has 0 saturated carbocycles. The third-order valence-electron chi connectivity index (χ3n) is 4.60. The fourth-order valence-electron chi connectivity index (χ4n) is 3.21. The lowest BCUT2D eigenvalue weighted by atomic mass is 9.95. The van der Waals surface area contributed by atoms with Gasteiger partial charge in [-0.05, 0) is 74.2 Å². The predicted octanol–water partition coefficient (Wildman–Crippen LogP) is 4.79. The summed E-state index contributed by atoms with van der Waals surface area (Å²) in [6.45, 7) is 2.35. The summed E-state index contributed by atoms with van der Waals surface area (Å²) >= 11 is 6.98. The van der Waals surface area contributed by atoms with Gasteiger partial charge in [-0.1, -0.05) is 6.92 Å². The van der Waals surface area contributed by atoms with Gasteiger partial charge >= 0.3 is 11.9 Å². The number of hydrogen-bond donors (Lipinski definition) is 2. The van der Waals surface area contributed by atoms with Gasteiger partial charge in [0.2, 0.25) is 0 Å². The molecule has 0 saturated heterocycles. The van der Waals surface area contributed by atoms with Crippen LogP contribution >= 0.6 is 23.6 Å². The van der Waals surface area contributed by atoms with E-state index in [4.69, 9.17) is 21.7 Å². The van der Waals surface area contributed by atoms with Gasteiger partial charge in [-0.25, -0.2) is 9.59 Å². The summed E-state index contributed by atoms with van der Waals surface area (Å²) in [5, 5.41) is 7.31. The fourth-order valence-corrected chi connectivity index (χ4v) is 4.77. The minimum Gasteiger partial charge on any atom is -0.465 e. The number of fused-ring (bicyclic) bond motifs is 1. The van der Waals surface area contributed by atoms with E-state index in [9.17, 15) is 9.59 Å². The lowest BCUT2D eigenvalue weighted by Crippen LogP contribution is -2.20. The second-order valence-electron chi connectivity index (χ2n) is 6.70. The summed E-state index contributed by atoms with van der Waals surface area (Å²) in [6.07, 6.45) is 4.84. The highest BCUT2D eigenvalue weighted by molar-refractivity contribution is 7.80. The lowest BCUT2D eigenvalue weighted by Gasteiger charge is -2.13. The molecule has 0 radical (unpaired) electrons. The van der Waals surface area contributed by atoms with Gasteiger partial charge in [0.15, 0.2) is 5.11 Å². The largest absolute Gasteiger partial charge is 0.465 e. The number of aryl methyl sites for hydroxylation is 1. The van der Waals surface area contributed by atoms with Crippen LogP contribution in [0.2, 0.25) is 0 Å². The summed E-state index contributed by atoms with van der Waals surface area (Å²) in [4.78, 5) is 25.4. The number of thiophene rings is 1. The molecule has 0 spiro atoms. The zero-order chi connectivity index (χ0) is 20.8. The first-order valence-electron chi connectivity index (χ1n) is 9.61. The van der Waals surface area contributed by atoms with Crippen LogP contribution in [0.15, 0.2) is 24.3 Å². The highest BCUT2D eigenvalue weighted by atomic mass is 32.1. The number of methoxy groups -OCH3 is 1. The molecular formula is C21H24N2O4S2. The van der Waals surface area contributed by atoms with Crippen molar-refractivity contribution in [2.75, 3.05) is 24.4 Å². The van der Waals surface area contributed by atoms with Crippen LogP contribution in [0, 0.1) is 0 Å². The van der Waals surface area contributed by atoms with E-state index in [1.165, 1.54) is 12.0 Å². The topological polar surface area (TPSA) is 76.7 Å². The maximum atomic E-state index is 12.3. The van der Waals surface area contributed by atoms with Crippen molar-refractivity contribution < 1.29 is 19.1 Å². The molecule has 0 amide bonds. The van der Waals surface area contributed by atoms with Gasteiger partial charge in [0, 0.05) is 10.6 Å². The zero-order valence-corrected chi connectivity index (χ0v) is 18.1. The van der Waals surface area contributed by atoms with E-state index in [0.29, 0.717) is 27.8 Å². The van der Waals surface area contributed by atoms with E-state index in [2.05, 4.69) is 10.6 Å². The van der Waals surface area contributed by atoms with Gasteiger partial charge in [0.05, 0.1) is 24.8 Å². The van der Waals surface area contributed by atoms with E-state index in [-0.39, 0.29) is 11.9 Å². The molecule has 2 aromatic rings. The molecule has 8 heteroatoms. The number of hydrogen-bond acceptors (Lipinski definition) is 6. The molecule has 1 aromatic carbocycles. The SMILES string of the molecule is CCCOC(=O)c1ccc(NC(=S)Nc2sc3c(c2C(=O)OC)CCCC3)cc1. The average molecular weight is 433 g/mol. The van der Waals surface area contributed by atoms with Crippen LogP contribution < -0.4 is 10.6 Å². The highest BCUT2D eigenvalue weighted by Crippen LogP contribution is 2.38. The maximum Gasteiger partial charge on any atom is 0.341 e. The smallest absolute Gasteiger partial charge is 0.341 e. The van der Waals surface area contributed by atoms with Crippen LogP contribution in [0.1, 0.15) is 57.3 Å². The minimum absolute atomic E-state index is 0.342. The Balaban J connectivity index is 1.69. The monoisotopic (exact) mass is 432 g/mol.